The molecule has 0 aromatic heterocycles. The third-order valence-electron chi connectivity index (χ3n) is 2.81. The molecule has 0 aliphatic heterocycles. The largest absolute Gasteiger partial charge is 0.497 e. The van der Waals surface area contributed by atoms with E-state index in [4.69, 9.17) is 14.6 Å². The smallest absolute Gasteiger partial charge is 0.326 e. The highest BCUT2D eigenvalue weighted by molar-refractivity contribution is 5.99. The number of carbonyl (C=O) groups is 2. The zero-order valence-corrected chi connectivity index (χ0v) is 12.7. The minimum atomic E-state index is -1.06. The van der Waals surface area contributed by atoms with Crippen molar-refractivity contribution in [1.29, 1.82) is 0 Å². The second-order valence-corrected chi connectivity index (χ2v) is 4.80. The summed E-state index contributed by atoms with van der Waals surface area (Å²) in [7, 11) is 1.52. The van der Waals surface area contributed by atoms with E-state index < -0.39 is 17.9 Å². The number of nitrogens with one attached hydrogen (secondary N) is 1. The average Bonchev–Trinajstić information content (AvgIpc) is 2.43. The van der Waals surface area contributed by atoms with Crippen molar-refractivity contribution < 1.29 is 24.2 Å². The van der Waals surface area contributed by atoms with Crippen molar-refractivity contribution in [3.8, 4) is 11.5 Å². The van der Waals surface area contributed by atoms with E-state index in [9.17, 15) is 9.59 Å². The Hall–Kier alpha value is -2.24. The van der Waals surface area contributed by atoms with E-state index >= 15 is 0 Å². The van der Waals surface area contributed by atoms with E-state index in [-0.39, 0.29) is 11.7 Å². The van der Waals surface area contributed by atoms with Crippen LogP contribution in [0.25, 0.3) is 0 Å². The van der Waals surface area contributed by atoms with E-state index in [0.29, 0.717) is 17.9 Å². The van der Waals surface area contributed by atoms with Gasteiger partial charge in [-0.2, -0.15) is 0 Å². The molecule has 0 saturated carbocycles. The highest BCUT2D eigenvalue weighted by atomic mass is 16.5. The van der Waals surface area contributed by atoms with E-state index in [1.54, 1.807) is 25.1 Å². The SMILES string of the molecule is CCC(NC(=O)c1ccc(OC)cc1OC(C)C)C(=O)O. The molecule has 1 unspecified atom stereocenters. The average molecular weight is 295 g/mol. The van der Waals surface area contributed by atoms with Crippen molar-refractivity contribution >= 4 is 11.9 Å². The first-order valence-electron chi connectivity index (χ1n) is 6.77. The molecule has 0 aliphatic rings. The lowest BCUT2D eigenvalue weighted by molar-refractivity contribution is -0.139. The van der Waals surface area contributed by atoms with Crippen LogP contribution in [0.4, 0.5) is 0 Å². The summed E-state index contributed by atoms with van der Waals surface area (Å²) in [4.78, 5) is 23.2. The fourth-order valence-electron chi connectivity index (χ4n) is 1.74. The number of hydrogen-bond donors (Lipinski definition) is 2. The monoisotopic (exact) mass is 295 g/mol. The number of hydrogen-bond acceptors (Lipinski definition) is 4. The summed E-state index contributed by atoms with van der Waals surface area (Å²) in [5, 5.41) is 11.5. The number of carbonyl (C=O) groups excluding carboxylic acids is 1. The van der Waals surface area contributed by atoms with Gasteiger partial charge in [0.2, 0.25) is 0 Å². The van der Waals surface area contributed by atoms with Gasteiger partial charge in [0, 0.05) is 6.07 Å². The lowest BCUT2D eigenvalue weighted by Crippen LogP contribution is -2.40. The lowest BCUT2D eigenvalue weighted by atomic mass is 10.1. The number of benzene rings is 1. The topological polar surface area (TPSA) is 84.9 Å². The van der Waals surface area contributed by atoms with Crippen LogP contribution in [-0.4, -0.2) is 36.2 Å². The third kappa shape index (κ3) is 4.66. The van der Waals surface area contributed by atoms with Gasteiger partial charge in [0.05, 0.1) is 18.8 Å². The molecule has 6 heteroatoms. The van der Waals surface area contributed by atoms with Gasteiger partial charge in [0.25, 0.3) is 5.91 Å². The van der Waals surface area contributed by atoms with Gasteiger partial charge in [0.15, 0.2) is 0 Å². The molecule has 0 spiro atoms. The number of amides is 1. The Kier molecular flexibility index (Phi) is 6.02. The van der Waals surface area contributed by atoms with Gasteiger partial charge in [-0.15, -0.1) is 0 Å². The predicted octanol–water partition coefficient (Wildman–Crippen LogP) is 2.08. The second-order valence-electron chi connectivity index (χ2n) is 4.80. The number of rotatable bonds is 7. The van der Waals surface area contributed by atoms with Crippen LogP contribution < -0.4 is 14.8 Å². The van der Waals surface area contributed by atoms with Gasteiger partial charge in [0.1, 0.15) is 17.5 Å². The number of carboxylic acid groups (broad SMARTS) is 1. The molecular formula is C15H21NO5. The molecule has 116 valence electrons. The van der Waals surface area contributed by atoms with Crippen LogP contribution in [0.1, 0.15) is 37.6 Å². The fourth-order valence-corrected chi connectivity index (χ4v) is 1.74. The van der Waals surface area contributed by atoms with Crippen LogP contribution in [0.15, 0.2) is 18.2 Å². The van der Waals surface area contributed by atoms with E-state index in [1.807, 2.05) is 13.8 Å². The van der Waals surface area contributed by atoms with Crippen molar-refractivity contribution in [2.45, 2.75) is 39.3 Å². The summed E-state index contributed by atoms with van der Waals surface area (Å²) < 4.78 is 10.7. The van der Waals surface area contributed by atoms with Crippen molar-refractivity contribution in [3.63, 3.8) is 0 Å². The number of methoxy groups -OCH3 is 1. The molecule has 1 rings (SSSR count). The van der Waals surface area contributed by atoms with Crippen molar-refractivity contribution in [3.05, 3.63) is 23.8 Å². The molecular weight excluding hydrogens is 274 g/mol. The normalized spacial score (nSPS) is 11.9. The number of ether oxygens (including phenoxy) is 2. The Balaban J connectivity index is 3.04. The summed E-state index contributed by atoms with van der Waals surface area (Å²) in [6, 6.07) is 3.87. The summed E-state index contributed by atoms with van der Waals surface area (Å²) in [5.41, 5.74) is 0.282. The predicted molar refractivity (Wildman–Crippen MR) is 77.9 cm³/mol. The van der Waals surface area contributed by atoms with Gasteiger partial charge < -0.3 is 19.9 Å². The molecule has 0 aliphatic carbocycles. The zero-order chi connectivity index (χ0) is 16.0. The van der Waals surface area contributed by atoms with Gasteiger partial charge in [-0.1, -0.05) is 6.92 Å². The van der Waals surface area contributed by atoms with Crippen molar-refractivity contribution in [1.82, 2.24) is 5.32 Å². The minimum absolute atomic E-state index is 0.120. The third-order valence-corrected chi connectivity index (χ3v) is 2.81. The number of carboxylic acids is 1. The van der Waals surface area contributed by atoms with Gasteiger partial charge in [-0.3, -0.25) is 4.79 Å². The van der Waals surface area contributed by atoms with Crippen LogP contribution in [0.3, 0.4) is 0 Å². The maximum Gasteiger partial charge on any atom is 0.326 e. The highest BCUT2D eigenvalue weighted by Crippen LogP contribution is 2.26. The summed E-state index contributed by atoms with van der Waals surface area (Å²) >= 11 is 0. The molecule has 0 saturated heterocycles. The molecule has 1 aromatic rings. The molecule has 0 heterocycles. The van der Waals surface area contributed by atoms with Crippen LogP contribution in [0, 0.1) is 0 Å². The molecule has 2 N–H and O–H groups in total. The molecule has 21 heavy (non-hydrogen) atoms. The van der Waals surface area contributed by atoms with Gasteiger partial charge in [-0.05, 0) is 32.4 Å². The first kappa shape index (κ1) is 16.8. The molecule has 1 atom stereocenters. The quantitative estimate of drug-likeness (QED) is 0.804. The maximum absolute atomic E-state index is 12.2. The highest BCUT2D eigenvalue weighted by Gasteiger charge is 2.21. The van der Waals surface area contributed by atoms with E-state index in [1.165, 1.54) is 7.11 Å². The van der Waals surface area contributed by atoms with Gasteiger partial charge >= 0.3 is 5.97 Å². The fraction of sp³-hybridized carbons (Fsp3) is 0.467. The van der Waals surface area contributed by atoms with Crippen molar-refractivity contribution in [2.24, 2.45) is 0 Å². The summed E-state index contributed by atoms with van der Waals surface area (Å²) in [5.74, 6) is -0.622. The second kappa shape index (κ2) is 7.52. The Morgan fingerprint density at radius 2 is 2.00 bits per heavy atom. The number of aliphatic carboxylic acids is 1. The van der Waals surface area contributed by atoms with Crippen LogP contribution in [0.2, 0.25) is 0 Å². The van der Waals surface area contributed by atoms with Crippen LogP contribution in [0.5, 0.6) is 11.5 Å². The lowest BCUT2D eigenvalue weighted by Gasteiger charge is -2.17. The van der Waals surface area contributed by atoms with Crippen LogP contribution >= 0.6 is 0 Å². The standard InChI is InChI=1S/C15H21NO5/c1-5-12(15(18)19)16-14(17)11-7-6-10(20-4)8-13(11)21-9(2)3/h6-9,12H,5H2,1-4H3,(H,16,17)(H,18,19). The molecule has 1 aromatic carbocycles. The Morgan fingerprint density at radius 1 is 1.33 bits per heavy atom. The molecule has 0 radical (unpaired) electrons. The zero-order valence-electron chi connectivity index (χ0n) is 12.7. The molecule has 0 fully saturated rings. The Bertz CT molecular complexity index is 513. The summed E-state index contributed by atoms with van der Waals surface area (Å²) in [6.07, 6.45) is 0.183. The molecule has 6 nitrogen and oxygen atoms in total. The first-order chi connectivity index (χ1) is 9.88. The summed E-state index contributed by atoms with van der Waals surface area (Å²) in [6.45, 7) is 5.37. The Labute approximate surface area is 124 Å². The molecule has 0 bridgehead atoms. The Morgan fingerprint density at radius 3 is 2.48 bits per heavy atom. The molecule has 1 amide bonds. The van der Waals surface area contributed by atoms with E-state index in [0.717, 1.165) is 0 Å². The maximum atomic E-state index is 12.2. The van der Waals surface area contributed by atoms with Crippen molar-refractivity contribution in [2.75, 3.05) is 7.11 Å². The van der Waals surface area contributed by atoms with E-state index in [2.05, 4.69) is 5.32 Å². The first-order valence-corrected chi connectivity index (χ1v) is 6.77. The minimum Gasteiger partial charge on any atom is -0.497 e. The van der Waals surface area contributed by atoms with Crippen LogP contribution in [-0.2, 0) is 4.79 Å². The van der Waals surface area contributed by atoms with Gasteiger partial charge in [-0.25, -0.2) is 4.79 Å².